The van der Waals surface area contributed by atoms with E-state index in [0.29, 0.717) is 12.2 Å². The first-order valence-corrected chi connectivity index (χ1v) is 7.39. The molecule has 0 saturated carbocycles. The molecule has 1 N–H and O–H groups in total. The van der Waals surface area contributed by atoms with Crippen LogP contribution in [0, 0.1) is 22.9 Å². The molecule has 7 heteroatoms. The summed E-state index contributed by atoms with van der Waals surface area (Å²) in [5.74, 6) is -0.797. The molecule has 0 aliphatic rings. The highest BCUT2D eigenvalue weighted by Gasteiger charge is 2.21. The number of anilines is 1. The van der Waals surface area contributed by atoms with Crippen molar-refractivity contribution in [3.8, 4) is 5.75 Å². The molecule has 0 radical (unpaired) electrons. The summed E-state index contributed by atoms with van der Waals surface area (Å²) in [5.41, 5.74) is 0.423. The number of carbonyl (C=O) groups excluding carboxylic acids is 1. The lowest BCUT2D eigenvalue weighted by Gasteiger charge is -2.17. The predicted octanol–water partition coefficient (Wildman–Crippen LogP) is 3.84. The van der Waals surface area contributed by atoms with Gasteiger partial charge in [-0.05, 0) is 37.1 Å². The number of non-ortho nitro benzene ring substituents is 1. The fourth-order valence-corrected chi connectivity index (χ4v) is 2.11. The number of hydrogen-bond donors (Lipinski definition) is 1. The summed E-state index contributed by atoms with van der Waals surface area (Å²) >= 11 is 0. The molecule has 0 aromatic heterocycles. The van der Waals surface area contributed by atoms with Gasteiger partial charge in [0.2, 0.25) is 0 Å². The fraction of sp³-hybridized carbons (Fsp3) is 0.235. The standard InChI is InChI=1S/C17H17FN2O4/c1-3-16(24-13-6-4-5-11(2)9-13)17(21)19-15-10-12(20(22)23)7-8-14(15)18/h4-10,16H,3H2,1-2H3,(H,19,21). The molecule has 2 rings (SSSR count). The normalized spacial score (nSPS) is 11.6. The van der Waals surface area contributed by atoms with E-state index in [2.05, 4.69) is 5.32 Å². The molecule has 24 heavy (non-hydrogen) atoms. The first-order chi connectivity index (χ1) is 11.4. The molecule has 2 aromatic rings. The van der Waals surface area contributed by atoms with Gasteiger partial charge >= 0.3 is 0 Å². The Bertz CT molecular complexity index is 764. The molecular weight excluding hydrogens is 315 g/mol. The van der Waals surface area contributed by atoms with E-state index in [-0.39, 0.29) is 11.4 Å². The molecule has 1 amide bonds. The van der Waals surface area contributed by atoms with E-state index < -0.39 is 22.8 Å². The number of carbonyl (C=O) groups is 1. The quantitative estimate of drug-likeness (QED) is 0.644. The summed E-state index contributed by atoms with van der Waals surface area (Å²) in [6.45, 7) is 3.65. The average Bonchev–Trinajstić information content (AvgIpc) is 2.54. The summed E-state index contributed by atoms with van der Waals surface area (Å²) < 4.78 is 19.4. The van der Waals surface area contributed by atoms with Crippen LogP contribution in [0.1, 0.15) is 18.9 Å². The van der Waals surface area contributed by atoms with Crippen LogP contribution in [0.2, 0.25) is 0 Å². The smallest absolute Gasteiger partial charge is 0.271 e. The van der Waals surface area contributed by atoms with E-state index in [1.54, 1.807) is 25.1 Å². The molecule has 0 aliphatic carbocycles. The van der Waals surface area contributed by atoms with Crippen LogP contribution in [0.4, 0.5) is 15.8 Å². The van der Waals surface area contributed by atoms with Crippen molar-refractivity contribution in [3.63, 3.8) is 0 Å². The number of benzene rings is 2. The SMILES string of the molecule is CCC(Oc1cccc(C)c1)C(=O)Nc1cc([N+](=O)[O-])ccc1F. The van der Waals surface area contributed by atoms with Crippen molar-refractivity contribution < 1.29 is 18.8 Å². The lowest BCUT2D eigenvalue weighted by Crippen LogP contribution is -2.32. The van der Waals surface area contributed by atoms with Gasteiger partial charge in [0, 0.05) is 12.1 Å². The number of halogens is 1. The van der Waals surface area contributed by atoms with Gasteiger partial charge in [0.1, 0.15) is 11.6 Å². The van der Waals surface area contributed by atoms with Gasteiger partial charge in [-0.15, -0.1) is 0 Å². The van der Waals surface area contributed by atoms with E-state index in [9.17, 15) is 19.3 Å². The number of hydrogen-bond acceptors (Lipinski definition) is 4. The first kappa shape index (κ1) is 17.4. The zero-order chi connectivity index (χ0) is 17.7. The van der Waals surface area contributed by atoms with E-state index >= 15 is 0 Å². The van der Waals surface area contributed by atoms with Gasteiger partial charge in [0.05, 0.1) is 10.6 Å². The van der Waals surface area contributed by atoms with E-state index in [0.717, 1.165) is 23.8 Å². The zero-order valence-electron chi connectivity index (χ0n) is 13.3. The topological polar surface area (TPSA) is 81.5 Å². The summed E-state index contributed by atoms with van der Waals surface area (Å²) in [4.78, 5) is 22.4. The van der Waals surface area contributed by atoms with Crippen molar-refractivity contribution >= 4 is 17.3 Å². The van der Waals surface area contributed by atoms with Gasteiger partial charge in [0.25, 0.3) is 11.6 Å². The van der Waals surface area contributed by atoms with Crippen LogP contribution in [0.5, 0.6) is 5.75 Å². The Morgan fingerprint density at radius 2 is 2.08 bits per heavy atom. The van der Waals surface area contributed by atoms with E-state index in [4.69, 9.17) is 4.74 Å². The highest BCUT2D eigenvalue weighted by atomic mass is 19.1. The summed E-state index contributed by atoms with van der Waals surface area (Å²) in [7, 11) is 0. The minimum absolute atomic E-state index is 0.250. The Morgan fingerprint density at radius 3 is 2.71 bits per heavy atom. The number of amides is 1. The van der Waals surface area contributed by atoms with Gasteiger partial charge in [-0.1, -0.05) is 19.1 Å². The molecule has 0 bridgehead atoms. The third-order valence-corrected chi connectivity index (χ3v) is 3.35. The molecule has 0 fully saturated rings. The first-order valence-electron chi connectivity index (χ1n) is 7.39. The van der Waals surface area contributed by atoms with E-state index in [1.807, 2.05) is 13.0 Å². The van der Waals surface area contributed by atoms with Crippen LogP contribution in [0.25, 0.3) is 0 Å². The molecule has 126 valence electrons. The van der Waals surface area contributed by atoms with E-state index in [1.165, 1.54) is 0 Å². The predicted molar refractivity (Wildman–Crippen MR) is 87.6 cm³/mol. The molecule has 1 unspecified atom stereocenters. The monoisotopic (exact) mass is 332 g/mol. The number of ether oxygens (including phenoxy) is 1. The summed E-state index contributed by atoms with van der Waals surface area (Å²) in [5, 5.41) is 13.1. The lowest BCUT2D eigenvalue weighted by atomic mass is 10.2. The van der Waals surface area contributed by atoms with Gasteiger partial charge in [-0.25, -0.2) is 4.39 Å². The molecule has 0 aliphatic heterocycles. The second kappa shape index (κ2) is 7.54. The lowest BCUT2D eigenvalue weighted by molar-refractivity contribution is -0.384. The maximum absolute atomic E-state index is 13.8. The van der Waals surface area contributed by atoms with Crippen LogP contribution in [0.3, 0.4) is 0 Å². The number of aryl methyl sites for hydroxylation is 1. The Hall–Kier alpha value is -2.96. The molecule has 0 saturated heterocycles. The number of nitrogens with one attached hydrogen (secondary N) is 1. The largest absolute Gasteiger partial charge is 0.481 e. The average molecular weight is 332 g/mol. The number of rotatable bonds is 6. The molecule has 0 heterocycles. The summed E-state index contributed by atoms with van der Waals surface area (Å²) in [6, 6.07) is 10.1. The van der Waals surface area contributed by atoms with Crippen molar-refractivity contribution in [1.82, 2.24) is 0 Å². The molecular formula is C17H17FN2O4. The highest BCUT2D eigenvalue weighted by molar-refractivity contribution is 5.94. The van der Waals surface area contributed by atoms with Gasteiger partial charge in [-0.2, -0.15) is 0 Å². The molecule has 1 atom stereocenters. The maximum Gasteiger partial charge on any atom is 0.271 e. The number of nitrogens with zero attached hydrogens (tertiary/aromatic N) is 1. The highest BCUT2D eigenvalue weighted by Crippen LogP contribution is 2.22. The van der Waals surface area contributed by atoms with Crippen molar-refractivity contribution in [2.24, 2.45) is 0 Å². The zero-order valence-corrected chi connectivity index (χ0v) is 13.3. The fourth-order valence-electron chi connectivity index (χ4n) is 2.11. The van der Waals surface area contributed by atoms with Crippen LogP contribution in [-0.4, -0.2) is 16.9 Å². The third-order valence-electron chi connectivity index (χ3n) is 3.35. The van der Waals surface area contributed by atoms with Crippen LogP contribution < -0.4 is 10.1 Å². The Kier molecular flexibility index (Phi) is 5.47. The maximum atomic E-state index is 13.8. The van der Waals surface area contributed by atoms with Crippen LogP contribution in [-0.2, 0) is 4.79 Å². The number of nitro benzene ring substituents is 1. The second-order valence-electron chi connectivity index (χ2n) is 5.24. The van der Waals surface area contributed by atoms with Crippen molar-refractivity contribution in [2.75, 3.05) is 5.32 Å². The second-order valence-corrected chi connectivity index (χ2v) is 5.24. The van der Waals surface area contributed by atoms with Gasteiger partial charge in [0.15, 0.2) is 6.10 Å². The van der Waals surface area contributed by atoms with Crippen molar-refractivity contribution in [1.29, 1.82) is 0 Å². The van der Waals surface area contributed by atoms with Crippen molar-refractivity contribution in [2.45, 2.75) is 26.4 Å². The minimum Gasteiger partial charge on any atom is -0.481 e. The Morgan fingerprint density at radius 1 is 1.33 bits per heavy atom. The Labute approximate surface area is 138 Å². The molecule has 2 aromatic carbocycles. The van der Waals surface area contributed by atoms with Crippen LogP contribution in [0.15, 0.2) is 42.5 Å². The summed E-state index contributed by atoms with van der Waals surface area (Å²) in [6.07, 6.45) is -0.485. The number of nitro groups is 1. The molecule has 0 spiro atoms. The van der Waals surface area contributed by atoms with Crippen LogP contribution >= 0.6 is 0 Å². The third kappa shape index (κ3) is 4.28. The van der Waals surface area contributed by atoms with Crippen molar-refractivity contribution in [3.05, 3.63) is 64.0 Å². The minimum atomic E-state index is -0.842. The van der Waals surface area contributed by atoms with Gasteiger partial charge < -0.3 is 10.1 Å². The van der Waals surface area contributed by atoms with Gasteiger partial charge in [-0.3, -0.25) is 14.9 Å². The molecule has 6 nitrogen and oxygen atoms in total. The Balaban J connectivity index is 2.15.